The number of rotatable bonds is 7. The van der Waals surface area contributed by atoms with Crippen molar-refractivity contribution in [2.24, 2.45) is 5.92 Å². The van der Waals surface area contributed by atoms with E-state index < -0.39 is 10.0 Å². The molecule has 2 atom stereocenters. The van der Waals surface area contributed by atoms with Gasteiger partial charge in [-0.1, -0.05) is 12.1 Å². The highest BCUT2D eigenvalue weighted by Crippen LogP contribution is 2.26. The third-order valence-electron chi connectivity index (χ3n) is 6.01. The lowest BCUT2D eigenvalue weighted by Gasteiger charge is -2.32. The number of ether oxygens (including phenoxy) is 1. The molecule has 1 aliphatic heterocycles. The minimum Gasteiger partial charge on any atom is -0.497 e. The zero-order valence-electron chi connectivity index (χ0n) is 18.7. The monoisotopic (exact) mass is 468 g/mol. The van der Waals surface area contributed by atoms with Crippen LogP contribution in [0.2, 0.25) is 0 Å². The fraction of sp³-hybridized carbons (Fsp3) is 0.333. The van der Waals surface area contributed by atoms with Gasteiger partial charge in [-0.15, -0.1) is 0 Å². The Bertz CT molecular complexity index is 1180. The molecule has 2 aromatic carbocycles. The van der Waals surface area contributed by atoms with Crippen LogP contribution in [0.15, 0.2) is 72.1 Å². The number of methoxy groups -OCH3 is 1. The minimum absolute atomic E-state index is 0.129. The highest BCUT2D eigenvalue weighted by atomic mass is 32.2. The topological polar surface area (TPSA) is 93.5 Å². The maximum absolute atomic E-state index is 13.1. The molecule has 0 spiro atoms. The van der Waals surface area contributed by atoms with Crippen molar-refractivity contribution in [1.82, 2.24) is 19.2 Å². The van der Waals surface area contributed by atoms with Crippen molar-refractivity contribution in [3.8, 4) is 11.4 Å². The van der Waals surface area contributed by atoms with E-state index in [9.17, 15) is 13.2 Å². The van der Waals surface area contributed by atoms with Gasteiger partial charge in [0.25, 0.3) is 0 Å². The van der Waals surface area contributed by atoms with Crippen molar-refractivity contribution in [2.45, 2.75) is 30.7 Å². The fourth-order valence-electron chi connectivity index (χ4n) is 4.03. The number of amides is 1. The van der Waals surface area contributed by atoms with Crippen LogP contribution in [0.3, 0.4) is 0 Å². The number of nitrogens with one attached hydrogen (secondary N) is 1. The molecule has 1 aromatic heterocycles. The lowest BCUT2D eigenvalue weighted by atomic mass is 9.98. The first-order valence-electron chi connectivity index (χ1n) is 10.9. The molecule has 0 bridgehead atoms. The summed E-state index contributed by atoms with van der Waals surface area (Å²) in [5, 5.41) is 3.05. The van der Waals surface area contributed by atoms with Crippen molar-refractivity contribution in [2.75, 3.05) is 20.2 Å². The van der Waals surface area contributed by atoms with Gasteiger partial charge in [0, 0.05) is 31.2 Å². The Balaban J connectivity index is 1.39. The molecule has 1 N–H and O–H groups in total. The standard InChI is InChI=1S/C24H28N4O4S/c1-18(19-5-7-21(8-6-19)27-15-13-25-17-27)26-24(29)20-4-3-14-28(16-20)33(30,31)23-11-9-22(32-2)10-12-23/h5-13,15,17-18,20H,3-4,14,16H2,1-2H3,(H,26,29)/t18-,20-/m0/s1. The molecule has 174 valence electrons. The first kappa shape index (κ1) is 23.0. The molecule has 33 heavy (non-hydrogen) atoms. The second-order valence-electron chi connectivity index (χ2n) is 8.17. The molecule has 3 aromatic rings. The Hall–Kier alpha value is -3.17. The molecular weight excluding hydrogens is 440 g/mol. The predicted molar refractivity (Wildman–Crippen MR) is 125 cm³/mol. The van der Waals surface area contributed by atoms with Gasteiger partial charge in [-0.05, 0) is 61.7 Å². The van der Waals surface area contributed by atoms with E-state index in [4.69, 9.17) is 4.74 Å². The number of imidazole rings is 1. The van der Waals surface area contributed by atoms with E-state index in [1.807, 2.05) is 42.0 Å². The third kappa shape index (κ3) is 5.09. The average Bonchev–Trinajstić information content (AvgIpc) is 3.39. The van der Waals surface area contributed by atoms with E-state index in [0.717, 1.165) is 11.3 Å². The number of piperidine rings is 1. The highest BCUT2D eigenvalue weighted by molar-refractivity contribution is 7.89. The van der Waals surface area contributed by atoms with Crippen LogP contribution >= 0.6 is 0 Å². The molecule has 2 heterocycles. The van der Waals surface area contributed by atoms with Crippen LogP contribution in [-0.4, -0.2) is 48.4 Å². The van der Waals surface area contributed by atoms with E-state index in [1.54, 1.807) is 24.7 Å². The lowest BCUT2D eigenvalue weighted by Crippen LogP contribution is -2.45. The van der Waals surface area contributed by atoms with Crippen molar-refractivity contribution < 1.29 is 17.9 Å². The summed E-state index contributed by atoms with van der Waals surface area (Å²) < 4.78 is 34.6. The molecule has 0 saturated carbocycles. The van der Waals surface area contributed by atoms with Crippen LogP contribution in [0, 0.1) is 5.92 Å². The molecule has 0 unspecified atom stereocenters. The quantitative estimate of drug-likeness (QED) is 0.575. The van der Waals surface area contributed by atoms with E-state index in [0.29, 0.717) is 25.1 Å². The fourth-order valence-corrected chi connectivity index (χ4v) is 5.56. The molecule has 0 radical (unpaired) electrons. The van der Waals surface area contributed by atoms with Crippen molar-refractivity contribution in [1.29, 1.82) is 0 Å². The molecule has 8 nitrogen and oxygen atoms in total. The van der Waals surface area contributed by atoms with Crippen molar-refractivity contribution in [3.05, 3.63) is 72.8 Å². The van der Waals surface area contributed by atoms with Gasteiger partial charge in [-0.2, -0.15) is 4.31 Å². The Kier molecular flexibility index (Phi) is 6.80. The zero-order valence-corrected chi connectivity index (χ0v) is 19.5. The summed E-state index contributed by atoms with van der Waals surface area (Å²) in [5.41, 5.74) is 1.96. The van der Waals surface area contributed by atoms with Gasteiger partial charge >= 0.3 is 0 Å². The Morgan fingerprint density at radius 2 is 1.88 bits per heavy atom. The number of nitrogens with zero attached hydrogens (tertiary/aromatic N) is 3. The number of sulfonamides is 1. The van der Waals surface area contributed by atoms with E-state index in [-0.39, 0.29) is 29.3 Å². The van der Waals surface area contributed by atoms with Gasteiger partial charge in [-0.25, -0.2) is 13.4 Å². The molecule has 1 fully saturated rings. The summed E-state index contributed by atoms with van der Waals surface area (Å²) in [6.45, 7) is 2.51. The van der Waals surface area contributed by atoms with Crippen LogP contribution in [0.25, 0.3) is 5.69 Å². The summed E-state index contributed by atoms with van der Waals surface area (Å²) in [6, 6.07) is 14.0. The van der Waals surface area contributed by atoms with Gasteiger partial charge < -0.3 is 14.6 Å². The zero-order chi connectivity index (χ0) is 23.4. The van der Waals surface area contributed by atoms with Gasteiger partial charge in [-0.3, -0.25) is 4.79 Å². The number of carbonyl (C=O) groups excluding carboxylic acids is 1. The highest BCUT2D eigenvalue weighted by Gasteiger charge is 2.33. The largest absolute Gasteiger partial charge is 0.497 e. The molecule has 4 rings (SSSR count). The van der Waals surface area contributed by atoms with Crippen LogP contribution in [0.1, 0.15) is 31.4 Å². The second-order valence-corrected chi connectivity index (χ2v) is 10.1. The average molecular weight is 469 g/mol. The number of aromatic nitrogens is 2. The van der Waals surface area contributed by atoms with Crippen LogP contribution in [0.5, 0.6) is 5.75 Å². The number of hydrogen-bond donors (Lipinski definition) is 1. The minimum atomic E-state index is -3.67. The molecule has 1 saturated heterocycles. The molecule has 9 heteroatoms. The number of hydrogen-bond acceptors (Lipinski definition) is 5. The maximum Gasteiger partial charge on any atom is 0.243 e. The van der Waals surface area contributed by atoms with E-state index in [1.165, 1.54) is 23.5 Å². The predicted octanol–water partition coefficient (Wildman–Crippen LogP) is 3.16. The number of carbonyl (C=O) groups is 1. The van der Waals surface area contributed by atoms with Gasteiger partial charge in [0.15, 0.2) is 0 Å². The molecular formula is C24H28N4O4S. The van der Waals surface area contributed by atoms with Crippen LogP contribution in [0.4, 0.5) is 0 Å². The van der Waals surface area contributed by atoms with E-state index >= 15 is 0 Å². The van der Waals surface area contributed by atoms with Gasteiger partial charge in [0.05, 0.1) is 30.3 Å². The molecule has 1 aliphatic rings. The first-order chi connectivity index (χ1) is 15.9. The molecule has 1 amide bonds. The molecule has 0 aliphatic carbocycles. The summed E-state index contributed by atoms with van der Waals surface area (Å²) in [7, 11) is -2.14. The third-order valence-corrected chi connectivity index (χ3v) is 7.89. The number of benzene rings is 2. The normalized spacial score (nSPS) is 17.9. The van der Waals surface area contributed by atoms with Crippen molar-refractivity contribution in [3.63, 3.8) is 0 Å². The van der Waals surface area contributed by atoms with Crippen LogP contribution in [-0.2, 0) is 14.8 Å². The van der Waals surface area contributed by atoms with Gasteiger partial charge in [0.2, 0.25) is 15.9 Å². The second kappa shape index (κ2) is 9.76. The summed E-state index contributed by atoms with van der Waals surface area (Å²) >= 11 is 0. The van der Waals surface area contributed by atoms with Gasteiger partial charge in [0.1, 0.15) is 5.75 Å². The maximum atomic E-state index is 13.1. The van der Waals surface area contributed by atoms with Crippen molar-refractivity contribution >= 4 is 15.9 Å². The first-order valence-corrected chi connectivity index (χ1v) is 12.4. The summed E-state index contributed by atoms with van der Waals surface area (Å²) in [4.78, 5) is 17.2. The summed E-state index contributed by atoms with van der Waals surface area (Å²) in [5.74, 6) is 0.0761. The SMILES string of the molecule is COc1ccc(S(=O)(=O)N2CCC[C@H](C(=O)N[C@@H](C)c3ccc(-n4ccnc4)cc3)C2)cc1. The smallest absolute Gasteiger partial charge is 0.243 e. The Morgan fingerprint density at radius 1 is 1.15 bits per heavy atom. The van der Waals surface area contributed by atoms with Crippen LogP contribution < -0.4 is 10.1 Å². The summed E-state index contributed by atoms with van der Waals surface area (Å²) in [6.07, 6.45) is 6.62. The Morgan fingerprint density at radius 3 is 2.52 bits per heavy atom. The Labute approximate surface area is 194 Å². The lowest BCUT2D eigenvalue weighted by molar-refractivity contribution is -0.126. The van der Waals surface area contributed by atoms with E-state index in [2.05, 4.69) is 10.3 Å².